The maximum Gasteiger partial charge on any atom is 0.255 e. The van der Waals surface area contributed by atoms with E-state index in [1.807, 2.05) is 20.8 Å². The fraction of sp³-hybridized carbons (Fsp3) is 0.444. The van der Waals surface area contributed by atoms with E-state index in [2.05, 4.69) is 6.58 Å². The fourth-order valence-electron chi connectivity index (χ4n) is 6.13. The maximum atomic E-state index is 13.9. The molecule has 0 heterocycles. The molecule has 37 heavy (non-hydrogen) atoms. The minimum absolute atomic E-state index is 0.000476. The first kappa shape index (κ1) is 26.9. The summed E-state index contributed by atoms with van der Waals surface area (Å²) in [7, 11) is 3.10. The molecule has 4 rings (SSSR count). The fourth-order valence-corrected chi connectivity index (χ4v) is 6.29. The van der Waals surface area contributed by atoms with Gasteiger partial charge < -0.3 is 26.2 Å². The summed E-state index contributed by atoms with van der Waals surface area (Å²) in [4.78, 5) is 40.6. The second-order valence-corrected chi connectivity index (χ2v) is 11.7. The summed E-state index contributed by atoms with van der Waals surface area (Å²) in [6.45, 7) is 9.41. The van der Waals surface area contributed by atoms with Gasteiger partial charge in [-0.2, -0.15) is 0 Å². The van der Waals surface area contributed by atoms with Crippen molar-refractivity contribution in [3.63, 3.8) is 0 Å². The molecule has 1 aromatic rings. The van der Waals surface area contributed by atoms with E-state index < -0.39 is 63.5 Å². The highest BCUT2D eigenvalue weighted by Gasteiger charge is 2.64. The number of carbonyl (C=O) groups excluding carboxylic acids is 3. The number of likely N-dealkylation sites (N-methyl/N-ethyl adjacent to an activating group) is 1. The molecule has 3 aliphatic rings. The van der Waals surface area contributed by atoms with Gasteiger partial charge in [0.05, 0.1) is 11.6 Å². The number of aliphatic hydroxyl groups is 3. The summed E-state index contributed by atoms with van der Waals surface area (Å²) >= 11 is 6.33. The first-order valence-corrected chi connectivity index (χ1v) is 12.2. The third-order valence-electron chi connectivity index (χ3n) is 7.82. The maximum absolute atomic E-state index is 13.9. The van der Waals surface area contributed by atoms with Gasteiger partial charge in [0.2, 0.25) is 5.78 Å². The molecule has 3 aliphatic carbocycles. The summed E-state index contributed by atoms with van der Waals surface area (Å²) in [6.07, 6.45) is 0.148. The molecule has 1 saturated carbocycles. The lowest BCUT2D eigenvalue weighted by molar-refractivity contribution is -0.153. The van der Waals surface area contributed by atoms with Gasteiger partial charge in [0.1, 0.15) is 22.8 Å². The van der Waals surface area contributed by atoms with E-state index in [1.54, 1.807) is 20.2 Å². The molecule has 0 bridgehead atoms. The average Bonchev–Trinajstić information content (AvgIpc) is 2.74. The molecular formula is C27H31ClN2O7. The Morgan fingerprint density at radius 2 is 1.81 bits per heavy atom. The van der Waals surface area contributed by atoms with Crippen LogP contribution in [0.4, 0.5) is 0 Å². The number of nitrogens with zero attached hydrogens (tertiary/aromatic N) is 1. The Hall–Kier alpha value is -3.14. The molecule has 9 nitrogen and oxygen atoms in total. The van der Waals surface area contributed by atoms with Crippen LogP contribution < -0.4 is 5.73 Å². The number of aliphatic hydroxyl groups excluding tert-OH is 2. The van der Waals surface area contributed by atoms with Crippen molar-refractivity contribution >= 4 is 39.9 Å². The predicted octanol–water partition coefficient (Wildman–Crippen LogP) is 2.47. The van der Waals surface area contributed by atoms with E-state index in [1.165, 1.54) is 4.90 Å². The molecule has 0 aliphatic heterocycles. The number of carbonyl (C=O) groups is 3. The molecule has 0 radical (unpaired) electrons. The number of primary amides is 1. The van der Waals surface area contributed by atoms with E-state index >= 15 is 0 Å². The smallest absolute Gasteiger partial charge is 0.255 e. The highest BCUT2D eigenvalue weighted by molar-refractivity contribution is 6.48. The first-order valence-electron chi connectivity index (χ1n) is 11.8. The SMILES string of the molecule is C=C(Cl)c1cc(C(C)(C)C)c(O)c2c1CC1CC3C(N(C)C)C(=O)C(C(N)=O)=C(O)C3(O)C(=O)C1=C2O. The number of fused-ring (bicyclic) bond motifs is 3. The average molecular weight is 531 g/mol. The molecule has 198 valence electrons. The van der Waals surface area contributed by atoms with Crippen LogP contribution in [0.1, 0.15) is 49.4 Å². The number of phenols is 1. The zero-order valence-corrected chi connectivity index (χ0v) is 22.1. The Morgan fingerprint density at radius 3 is 2.30 bits per heavy atom. The van der Waals surface area contributed by atoms with Gasteiger partial charge in [-0.05, 0) is 55.5 Å². The van der Waals surface area contributed by atoms with Crippen molar-refractivity contribution < 1.29 is 34.8 Å². The highest BCUT2D eigenvalue weighted by atomic mass is 35.5. The largest absolute Gasteiger partial charge is 0.508 e. The lowest BCUT2D eigenvalue weighted by Crippen LogP contribution is -2.65. The van der Waals surface area contributed by atoms with Crippen LogP contribution in [0.5, 0.6) is 5.75 Å². The van der Waals surface area contributed by atoms with Crippen LogP contribution in [-0.2, 0) is 26.2 Å². The highest BCUT2D eigenvalue weighted by Crippen LogP contribution is 2.54. The topological polar surface area (TPSA) is 161 Å². The van der Waals surface area contributed by atoms with Gasteiger partial charge in [-0.1, -0.05) is 39.0 Å². The lowest BCUT2D eigenvalue weighted by Gasteiger charge is -2.50. The molecule has 0 spiro atoms. The number of halogens is 1. The first-order chi connectivity index (χ1) is 17.0. The summed E-state index contributed by atoms with van der Waals surface area (Å²) in [6, 6.07) is 0.569. The van der Waals surface area contributed by atoms with Gasteiger partial charge in [-0.15, -0.1) is 0 Å². The molecule has 4 atom stereocenters. The van der Waals surface area contributed by atoms with Gasteiger partial charge >= 0.3 is 0 Å². The Bertz CT molecular complexity index is 1350. The van der Waals surface area contributed by atoms with Gasteiger partial charge in [-0.3, -0.25) is 19.3 Å². The zero-order valence-electron chi connectivity index (χ0n) is 21.3. The Labute approximate surface area is 219 Å². The number of hydrogen-bond donors (Lipinski definition) is 5. The van der Waals surface area contributed by atoms with E-state index in [0.29, 0.717) is 16.7 Å². The lowest BCUT2D eigenvalue weighted by atomic mass is 9.57. The number of aromatic hydroxyl groups is 1. The molecule has 1 amide bonds. The molecular weight excluding hydrogens is 500 g/mol. The second-order valence-electron chi connectivity index (χ2n) is 11.3. The molecule has 6 N–H and O–H groups in total. The van der Waals surface area contributed by atoms with Crippen molar-refractivity contribution in [3.8, 4) is 5.75 Å². The summed E-state index contributed by atoms with van der Waals surface area (Å²) < 4.78 is 0. The number of benzene rings is 1. The predicted molar refractivity (Wildman–Crippen MR) is 138 cm³/mol. The third kappa shape index (κ3) is 3.63. The van der Waals surface area contributed by atoms with Crippen molar-refractivity contribution in [1.82, 2.24) is 4.90 Å². The number of amides is 1. The van der Waals surface area contributed by atoms with Crippen molar-refractivity contribution in [2.24, 2.45) is 17.6 Å². The van der Waals surface area contributed by atoms with E-state index in [-0.39, 0.29) is 34.8 Å². The van der Waals surface area contributed by atoms with E-state index in [0.717, 1.165) is 0 Å². The van der Waals surface area contributed by atoms with Gasteiger partial charge in [0, 0.05) is 22.1 Å². The molecule has 4 unspecified atom stereocenters. The summed E-state index contributed by atoms with van der Waals surface area (Å²) in [5.74, 6) is -6.87. The van der Waals surface area contributed by atoms with E-state index in [4.69, 9.17) is 17.3 Å². The number of Topliss-reactive ketones (excluding diaryl/α,β-unsaturated/α-hetero) is 2. The Balaban J connectivity index is 2.04. The zero-order chi connectivity index (χ0) is 27.9. The number of hydrogen-bond acceptors (Lipinski definition) is 8. The van der Waals surface area contributed by atoms with Crippen LogP contribution in [0.3, 0.4) is 0 Å². The second kappa shape index (κ2) is 8.44. The molecule has 10 heteroatoms. The van der Waals surface area contributed by atoms with Crippen LogP contribution >= 0.6 is 11.6 Å². The standard InChI is InChI=1S/C27H31ClN2O7/c1-10(28)12-9-15(26(2,3)4)20(31)17-13(12)7-11-8-14-19(30(5)6)22(33)18(25(29)36)24(35)27(14,37)23(34)16(11)21(17)32/h9,11,14,19,31-32,35,37H,1,7-8H2,2-6H3,(H2,29,36). The number of phenolic OH excluding ortho intramolecular Hbond substituents is 1. The minimum Gasteiger partial charge on any atom is -0.508 e. The normalized spacial score (nSPS) is 27.7. The van der Waals surface area contributed by atoms with Crippen LogP contribution in [-0.4, -0.2) is 68.5 Å². The van der Waals surface area contributed by atoms with E-state index in [9.17, 15) is 34.8 Å². The monoisotopic (exact) mass is 530 g/mol. The number of nitrogens with two attached hydrogens (primary N) is 1. The molecule has 1 fully saturated rings. The number of rotatable bonds is 3. The van der Waals surface area contributed by atoms with Crippen LogP contribution in [0.15, 0.2) is 29.6 Å². The quantitative estimate of drug-likeness (QED) is 0.372. The van der Waals surface area contributed by atoms with Gasteiger partial charge in [0.15, 0.2) is 11.4 Å². The minimum atomic E-state index is -2.68. The van der Waals surface area contributed by atoms with Crippen molar-refractivity contribution in [2.45, 2.75) is 50.7 Å². The summed E-state index contributed by atoms with van der Waals surface area (Å²) in [5, 5.41) is 45.5. The molecule has 0 saturated heterocycles. The Morgan fingerprint density at radius 1 is 1.22 bits per heavy atom. The van der Waals surface area contributed by atoms with Crippen LogP contribution in [0, 0.1) is 11.8 Å². The third-order valence-corrected chi connectivity index (χ3v) is 8.02. The van der Waals surface area contributed by atoms with Crippen LogP contribution in [0.2, 0.25) is 0 Å². The van der Waals surface area contributed by atoms with Gasteiger partial charge in [0.25, 0.3) is 5.91 Å². The van der Waals surface area contributed by atoms with Crippen LogP contribution in [0.25, 0.3) is 10.8 Å². The van der Waals surface area contributed by atoms with Crippen molar-refractivity contribution in [1.29, 1.82) is 0 Å². The van der Waals surface area contributed by atoms with Gasteiger partial charge in [-0.25, -0.2) is 0 Å². The Kier molecular flexibility index (Phi) is 6.14. The van der Waals surface area contributed by atoms with Crippen molar-refractivity contribution in [2.75, 3.05) is 14.1 Å². The number of ketones is 2. The van der Waals surface area contributed by atoms with Crippen molar-refractivity contribution in [3.05, 3.63) is 51.8 Å². The molecule has 1 aromatic carbocycles. The summed E-state index contributed by atoms with van der Waals surface area (Å²) in [5.41, 5.74) is 2.49. The molecule has 0 aromatic heterocycles.